The van der Waals surface area contributed by atoms with Crippen LogP contribution in [-0.2, 0) is 29.9 Å². The number of rotatable bonds is 4. The average Bonchev–Trinajstić information content (AvgIpc) is 2.99. The van der Waals surface area contributed by atoms with Crippen LogP contribution in [0.15, 0.2) is 0 Å². The molecule has 0 spiro atoms. The second kappa shape index (κ2) is 5.01. The zero-order valence-corrected chi connectivity index (χ0v) is 13.2. The zero-order chi connectivity index (χ0) is 15.2. The molecule has 3 heterocycles. The van der Waals surface area contributed by atoms with E-state index in [9.17, 15) is 8.42 Å². The first-order valence-corrected chi connectivity index (χ1v) is 9.11. The van der Waals surface area contributed by atoms with Crippen LogP contribution in [0.2, 0.25) is 0 Å². The molecule has 1 fully saturated rings. The highest BCUT2D eigenvalue weighted by Crippen LogP contribution is 2.26. The van der Waals surface area contributed by atoms with Gasteiger partial charge < -0.3 is 5.73 Å². The third-order valence-corrected chi connectivity index (χ3v) is 5.91. The largest absolute Gasteiger partial charge is 0.369 e. The summed E-state index contributed by atoms with van der Waals surface area (Å²) in [5.74, 6) is 1.08. The van der Waals surface area contributed by atoms with Gasteiger partial charge in [-0.1, -0.05) is 13.3 Å². The molecule has 2 aromatic rings. The number of anilines is 1. The number of nitrogens with two attached hydrogens (primary N) is 1. The number of hydrogen-bond donors (Lipinski definition) is 1. The van der Waals surface area contributed by atoms with E-state index >= 15 is 0 Å². The number of sulfone groups is 1. The molecule has 0 radical (unpaired) electrons. The first-order chi connectivity index (χ1) is 9.91. The number of aryl methyl sites for hydroxylation is 2. The number of nitrogens with zero attached hydrogens (tertiary/aromatic N) is 4. The molecular weight excluding hydrogens is 290 g/mol. The first-order valence-electron chi connectivity index (χ1n) is 7.29. The second-order valence-corrected chi connectivity index (χ2v) is 8.07. The lowest BCUT2D eigenvalue weighted by molar-refractivity contribution is 0.496. The second-order valence-electron chi connectivity index (χ2n) is 5.84. The molecule has 0 aliphatic carbocycles. The quantitative estimate of drug-likeness (QED) is 0.898. The Morgan fingerprint density at radius 3 is 2.81 bits per heavy atom. The highest BCUT2D eigenvalue weighted by Gasteiger charge is 2.29. The molecule has 2 N–H and O–H groups in total. The average molecular weight is 311 g/mol. The number of hydrogen-bond acceptors (Lipinski definition) is 5. The Hall–Kier alpha value is -1.57. The van der Waals surface area contributed by atoms with Crippen molar-refractivity contribution in [1.82, 2.24) is 19.3 Å². The van der Waals surface area contributed by atoms with Crippen LogP contribution in [0.1, 0.15) is 25.5 Å². The van der Waals surface area contributed by atoms with Gasteiger partial charge in [-0.05, 0) is 18.8 Å². The molecule has 1 aliphatic heterocycles. The smallest absolute Gasteiger partial charge is 0.202 e. The minimum Gasteiger partial charge on any atom is -0.369 e. The van der Waals surface area contributed by atoms with Crippen molar-refractivity contribution >= 4 is 26.9 Å². The fourth-order valence-corrected chi connectivity index (χ4v) is 4.97. The van der Waals surface area contributed by atoms with Gasteiger partial charge in [0.25, 0.3) is 0 Å². The van der Waals surface area contributed by atoms with E-state index in [0.29, 0.717) is 18.9 Å². The van der Waals surface area contributed by atoms with E-state index in [2.05, 4.69) is 17.0 Å². The lowest BCUT2D eigenvalue weighted by atomic mass is 10.1. The van der Waals surface area contributed by atoms with Crippen LogP contribution < -0.4 is 5.73 Å². The molecule has 7 nitrogen and oxygen atoms in total. The van der Waals surface area contributed by atoms with Crippen molar-refractivity contribution in [3.63, 3.8) is 0 Å². The minimum absolute atomic E-state index is 0.110. The van der Waals surface area contributed by atoms with E-state index in [1.165, 1.54) is 0 Å². The van der Waals surface area contributed by atoms with E-state index < -0.39 is 9.84 Å². The van der Waals surface area contributed by atoms with Crippen LogP contribution in [0, 0.1) is 5.92 Å². The summed E-state index contributed by atoms with van der Waals surface area (Å²) in [5.41, 5.74) is 8.73. The summed E-state index contributed by atoms with van der Waals surface area (Å²) in [6, 6.07) is 0. The number of aromatic nitrogens is 4. The fraction of sp³-hybridized carbons (Fsp3) is 0.692. The predicted octanol–water partition coefficient (Wildman–Crippen LogP) is 0.739. The van der Waals surface area contributed by atoms with E-state index in [1.807, 2.05) is 11.6 Å². The van der Waals surface area contributed by atoms with Crippen molar-refractivity contribution in [3.05, 3.63) is 5.69 Å². The topological polar surface area (TPSA) is 95.8 Å². The minimum atomic E-state index is -2.88. The van der Waals surface area contributed by atoms with Gasteiger partial charge in [-0.15, -0.1) is 0 Å². The van der Waals surface area contributed by atoms with E-state index in [0.717, 1.165) is 29.7 Å². The van der Waals surface area contributed by atoms with Crippen LogP contribution in [0.3, 0.4) is 0 Å². The molecule has 116 valence electrons. The van der Waals surface area contributed by atoms with Gasteiger partial charge in [-0.3, -0.25) is 9.25 Å². The monoisotopic (exact) mass is 311 g/mol. The summed E-state index contributed by atoms with van der Waals surface area (Å²) in [7, 11) is -0.996. The molecular formula is C13H21N5O2S. The van der Waals surface area contributed by atoms with Crippen molar-refractivity contribution in [2.75, 3.05) is 17.2 Å². The van der Waals surface area contributed by atoms with Crippen molar-refractivity contribution in [3.8, 4) is 0 Å². The Morgan fingerprint density at radius 2 is 2.19 bits per heavy atom. The van der Waals surface area contributed by atoms with Crippen LogP contribution in [0.5, 0.6) is 0 Å². The Labute approximate surface area is 124 Å². The molecule has 0 amide bonds. The van der Waals surface area contributed by atoms with Crippen LogP contribution in [0.4, 0.5) is 5.95 Å². The SMILES string of the molecule is CCCc1nn(C)c2c1nc(N)n2CC1CCS(=O)(=O)C1. The highest BCUT2D eigenvalue weighted by atomic mass is 32.2. The van der Waals surface area contributed by atoms with E-state index in [-0.39, 0.29) is 17.4 Å². The van der Waals surface area contributed by atoms with Crippen LogP contribution in [-0.4, -0.2) is 39.3 Å². The van der Waals surface area contributed by atoms with Crippen LogP contribution >= 0.6 is 0 Å². The van der Waals surface area contributed by atoms with Gasteiger partial charge in [-0.2, -0.15) is 5.10 Å². The molecule has 3 rings (SSSR count). The molecule has 8 heteroatoms. The van der Waals surface area contributed by atoms with E-state index in [1.54, 1.807) is 4.68 Å². The van der Waals surface area contributed by atoms with Gasteiger partial charge in [0, 0.05) is 13.6 Å². The maximum Gasteiger partial charge on any atom is 0.202 e. The standard InChI is InChI=1S/C13H21N5O2S/c1-3-4-10-11-12(17(2)16-10)18(13(14)15-11)7-9-5-6-21(19,20)8-9/h9H,3-8H2,1-2H3,(H2,14,15). The van der Waals surface area contributed by atoms with Crippen molar-refractivity contribution in [2.24, 2.45) is 13.0 Å². The van der Waals surface area contributed by atoms with Crippen molar-refractivity contribution in [2.45, 2.75) is 32.7 Å². The first kappa shape index (κ1) is 14.4. The number of imidazole rings is 1. The molecule has 21 heavy (non-hydrogen) atoms. The van der Waals surface area contributed by atoms with Crippen molar-refractivity contribution < 1.29 is 8.42 Å². The van der Waals surface area contributed by atoms with Gasteiger partial charge in [0.15, 0.2) is 15.5 Å². The summed E-state index contributed by atoms with van der Waals surface area (Å²) in [4.78, 5) is 4.44. The lowest BCUT2D eigenvalue weighted by Gasteiger charge is -2.11. The molecule has 0 aromatic carbocycles. The molecule has 1 aliphatic rings. The summed E-state index contributed by atoms with van der Waals surface area (Å²) in [5, 5.41) is 4.50. The van der Waals surface area contributed by atoms with Gasteiger partial charge in [0.2, 0.25) is 5.95 Å². The normalized spacial score (nSPS) is 21.3. The Balaban J connectivity index is 1.97. The summed E-state index contributed by atoms with van der Waals surface area (Å²) in [6.07, 6.45) is 2.56. The number of nitrogen functional groups attached to an aromatic ring is 1. The maximum absolute atomic E-state index is 11.6. The van der Waals surface area contributed by atoms with Gasteiger partial charge in [0.1, 0.15) is 5.52 Å². The lowest BCUT2D eigenvalue weighted by Crippen LogP contribution is -2.15. The Bertz CT molecular complexity index is 774. The zero-order valence-electron chi connectivity index (χ0n) is 12.4. The Morgan fingerprint density at radius 1 is 1.43 bits per heavy atom. The van der Waals surface area contributed by atoms with Gasteiger partial charge in [0.05, 0.1) is 17.2 Å². The van der Waals surface area contributed by atoms with Crippen molar-refractivity contribution in [1.29, 1.82) is 0 Å². The summed E-state index contributed by atoms with van der Waals surface area (Å²) >= 11 is 0. The third kappa shape index (κ3) is 2.52. The van der Waals surface area contributed by atoms with Gasteiger partial charge >= 0.3 is 0 Å². The molecule has 2 aromatic heterocycles. The molecule has 0 bridgehead atoms. The summed E-state index contributed by atoms with van der Waals surface area (Å²) < 4.78 is 26.9. The highest BCUT2D eigenvalue weighted by molar-refractivity contribution is 7.91. The molecule has 1 unspecified atom stereocenters. The van der Waals surface area contributed by atoms with Crippen LogP contribution in [0.25, 0.3) is 11.2 Å². The molecule has 1 saturated heterocycles. The third-order valence-electron chi connectivity index (χ3n) is 4.08. The predicted molar refractivity (Wildman–Crippen MR) is 81.7 cm³/mol. The maximum atomic E-state index is 11.6. The fourth-order valence-electron chi connectivity index (χ4n) is 3.12. The number of fused-ring (bicyclic) bond motifs is 1. The summed E-state index contributed by atoms with van der Waals surface area (Å²) in [6.45, 7) is 2.69. The van der Waals surface area contributed by atoms with E-state index in [4.69, 9.17) is 5.73 Å². The molecule has 1 atom stereocenters. The Kier molecular flexibility index (Phi) is 3.43. The molecule has 0 saturated carbocycles. The van der Waals surface area contributed by atoms with Gasteiger partial charge in [-0.25, -0.2) is 13.4 Å².